The maximum atomic E-state index is 12.7. The van der Waals surface area contributed by atoms with E-state index in [1.54, 1.807) is 51.7 Å². The minimum absolute atomic E-state index is 0.227. The van der Waals surface area contributed by atoms with Gasteiger partial charge in [0.15, 0.2) is 23.0 Å². The van der Waals surface area contributed by atoms with Crippen molar-refractivity contribution in [3.8, 4) is 28.7 Å². The zero-order valence-electron chi connectivity index (χ0n) is 18.4. The molecule has 0 saturated heterocycles. The molecule has 0 heterocycles. The third-order valence-electron chi connectivity index (χ3n) is 4.36. The lowest BCUT2D eigenvalue weighted by Crippen LogP contribution is -2.23. The molecule has 164 valence electrons. The highest BCUT2D eigenvalue weighted by Crippen LogP contribution is 2.34. The van der Waals surface area contributed by atoms with E-state index in [9.17, 15) is 4.79 Å². The Labute approximate surface area is 178 Å². The van der Waals surface area contributed by atoms with Crippen LogP contribution < -0.4 is 29.0 Å². The molecule has 7 heteroatoms. The number of nitrogens with one attached hydrogen (secondary N) is 1. The molecule has 0 aliphatic heterocycles. The average Bonchev–Trinajstić information content (AvgIpc) is 2.79. The minimum Gasteiger partial charge on any atom is -0.496 e. The fraction of sp³-hybridized carbons (Fsp3) is 0.435. The molecule has 2 aromatic carbocycles. The van der Waals surface area contributed by atoms with Crippen LogP contribution in [0.1, 0.15) is 42.6 Å². The Morgan fingerprint density at radius 1 is 0.767 bits per heavy atom. The molecule has 0 fully saturated rings. The molecule has 30 heavy (non-hydrogen) atoms. The summed E-state index contributed by atoms with van der Waals surface area (Å²) in [6.07, 6.45) is 1.76. The van der Waals surface area contributed by atoms with Gasteiger partial charge in [0.05, 0.1) is 34.5 Å². The SMILES string of the molecule is CCCOc1ccc(C(=O)NCc2cc(OC)c(OC)cc2OC)cc1OCCC. The van der Waals surface area contributed by atoms with Crippen LogP contribution in [0.25, 0.3) is 0 Å². The third kappa shape index (κ3) is 5.95. The van der Waals surface area contributed by atoms with E-state index in [0.29, 0.717) is 47.5 Å². The monoisotopic (exact) mass is 417 g/mol. The lowest BCUT2D eigenvalue weighted by Gasteiger charge is -2.15. The summed E-state index contributed by atoms with van der Waals surface area (Å²) in [5, 5.41) is 2.91. The molecular formula is C23H31NO6. The normalized spacial score (nSPS) is 10.3. The van der Waals surface area contributed by atoms with Gasteiger partial charge in [0.25, 0.3) is 5.91 Å². The second-order valence-corrected chi connectivity index (χ2v) is 6.56. The van der Waals surface area contributed by atoms with Crippen LogP contribution in [-0.4, -0.2) is 40.5 Å². The summed E-state index contributed by atoms with van der Waals surface area (Å²) in [4.78, 5) is 12.7. The molecule has 0 bridgehead atoms. The Morgan fingerprint density at radius 2 is 1.37 bits per heavy atom. The van der Waals surface area contributed by atoms with Gasteiger partial charge in [0.1, 0.15) is 5.75 Å². The first-order chi connectivity index (χ1) is 14.6. The molecule has 0 unspecified atom stereocenters. The van der Waals surface area contributed by atoms with E-state index in [-0.39, 0.29) is 12.5 Å². The number of hydrogen-bond donors (Lipinski definition) is 1. The van der Waals surface area contributed by atoms with Crippen LogP contribution in [-0.2, 0) is 6.54 Å². The van der Waals surface area contributed by atoms with Gasteiger partial charge in [-0.05, 0) is 37.1 Å². The molecule has 1 N–H and O–H groups in total. The van der Waals surface area contributed by atoms with Crippen molar-refractivity contribution in [1.82, 2.24) is 5.32 Å². The molecule has 0 radical (unpaired) electrons. The van der Waals surface area contributed by atoms with E-state index in [4.69, 9.17) is 23.7 Å². The van der Waals surface area contributed by atoms with Gasteiger partial charge in [-0.25, -0.2) is 0 Å². The summed E-state index contributed by atoms with van der Waals surface area (Å²) < 4.78 is 27.6. The Balaban J connectivity index is 2.17. The molecule has 7 nitrogen and oxygen atoms in total. The van der Waals surface area contributed by atoms with Crippen LogP contribution in [0.15, 0.2) is 30.3 Å². The Hall–Kier alpha value is -3.09. The van der Waals surface area contributed by atoms with E-state index < -0.39 is 0 Å². The second-order valence-electron chi connectivity index (χ2n) is 6.56. The fourth-order valence-electron chi connectivity index (χ4n) is 2.81. The Bertz CT molecular complexity index is 837. The molecule has 2 aromatic rings. The van der Waals surface area contributed by atoms with Crippen molar-refractivity contribution in [2.75, 3.05) is 34.5 Å². The maximum Gasteiger partial charge on any atom is 0.251 e. The molecule has 0 spiro atoms. The average molecular weight is 418 g/mol. The third-order valence-corrected chi connectivity index (χ3v) is 4.36. The molecule has 2 rings (SSSR count). The summed E-state index contributed by atoms with van der Waals surface area (Å²) >= 11 is 0. The molecule has 0 saturated carbocycles. The summed E-state index contributed by atoms with van der Waals surface area (Å²) in [7, 11) is 4.69. The summed E-state index contributed by atoms with van der Waals surface area (Å²) in [6, 6.07) is 8.73. The first-order valence-electron chi connectivity index (χ1n) is 10.0. The highest BCUT2D eigenvalue weighted by molar-refractivity contribution is 5.94. The molecule has 0 aliphatic rings. The summed E-state index contributed by atoms with van der Waals surface area (Å²) in [5.41, 5.74) is 1.26. The summed E-state index contributed by atoms with van der Waals surface area (Å²) in [5.74, 6) is 2.71. The van der Waals surface area contributed by atoms with Crippen LogP contribution >= 0.6 is 0 Å². The van der Waals surface area contributed by atoms with E-state index in [1.807, 2.05) is 13.8 Å². The molecular weight excluding hydrogens is 386 g/mol. The van der Waals surface area contributed by atoms with Crippen molar-refractivity contribution in [2.24, 2.45) is 0 Å². The number of methoxy groups -OCH3 is 3. The van der Waals surface area contributed by atoms with E-state index >= 15 is 0 Å². The van der Waals surface area contributed by atoms with Crippen LogP contribution in [0.3, 0.4) is 0 Å². The van der Waals surface area contributed by atoms with Gasteiger partial charge < -0.3 is 29.0 Å². The molecule has 0 aromatic heterocycles. The van der Waals surface area contributed by atoms with Crippen LogP contribution in [0.2, 0.25) is 0 Å². The zero-order valence-corrected chi connectivity index (χ0v) is 18.4. The predicted molar refractivity (Wildman–Crippen MR) is 115 cm³/mol. The van der Waals surface area contributed by atoms with Crippen molar-refractivity contribution >= 4 is 5.91 Å². The number of benzene rings is 2. The van der Waals surface area contributed by atoms with Crippen molar-refractivity contribution < 1.29 is 28.5 Å². The molecule has 1 amide bonds. The van der Waals surface area contributed by atoms with Gasteiger partial charge in [0.2, 0.25) is 0 Å². The molecule has 0 aliphatic carbocycles. The van der Waals surface area contributed by atoms with Crippen LogP contribution in [0.4, 0.5) is 0 Å². The highest BCUT2D eigenvalue weighted by atomic mass is 16.5. The first kappa shape index (κ1) is 23.2. The summed E-state index contributed by atoms with van der Waals surface area (Å²) in [6.45, 7) is 5.47. The van der Waals surface area contributed by atoms with Crippen molar-refractivity contribution in [1.29, 1.82) is 0 Å². The fourth-order valence-corrected chi connectivity index (χ4v) is 2.81. The Morgan fingerprint density at radius 3 is 1.97 bits per heavy atom. The first-order valence-corrected chi connectivity index (χ1v) is 10.0. The highest BCUT2D eigenvalue weighted by Gasteiger charge is 2.15. The number of carbonyl (C=O) groups is 1. The van der Waals surface area contributed by atoms with Gasteiger partial charge in [-0.2, -0.15) is 0 Å². The minimum atomic E-state index is -0.227. The number of carbonyl (C=O) groups excluding carboxylic acids is 1. The van der Waals surface area contributed by atoms with Gasteiger partial charge >= 0.3 is 0 Å². The number of ether oxygens (including phenoxy) is 5. The second kappa shape index (κ2) is 11.8. The van der Waals surface area contributed by atoms with Crippen molar-refractivity contribution in [3.63, 3.8) is 0 Å². The van der Waals surface area contributed by atoms with E-state index in [2.05, 4.69) is 5.32 Å². The predicted octanol–water partition coefficient (Wildman–Crippen LogP) is 4.22. The van der Waals surface area contributed by atoms with Crippen LogP contribution in [0, 0.1) is 0 Å². The number of hydrogen-bond acceptors (Lipinski definition) is 6. The lowest BCUT2D eigenvalue weighted by molar-refractivity contribution is 0.0950. The smallest absolute Gasteiger partial charge is 0.251 e. The van der Waals surface area contributed by atoms with Crippen LogP contribution in [0.5, 0.6) is 28.7 Å². The number of rotatable bonds is 12. The van der Waals surface area contributed by atoms with Gasteiger partial charge in [0, 0.05) is 23.7 Å². The standard InChI is InChI=1S/C23H31NO6/c1-6-10-29-18-9-8-16(12-22(18)30-11-7-2)23(25)24-15-17-13-20(27-4)21(28-5)14-19(17)26-3/h8-9,12-14H,6-7,10-11,15H2,1-5H3,(H,24,25). The topological polar surface area (TPSA) is 75.3 Å². The number of amides is 1. The Kier molecular flexibility index (Phi) is 9.12. The largest absolute Gasteiger partial charge is 0.496 e. The maximum absolute atomic E-state index is 12.7. The van der Waals surface area contributed by atoms with E-state index in [1.165, 1.54) is 0 Å². The zero-order chi connectivity index (χ0) is 21.9. The van der Waals surface area contributed by atoms with Gasteiger partial charge in [-0.15, -0.1) is 0 Å². The van der Waals surface area contributed by atoms with Gasteiger partial charge in [-0.1, -0.05) is 13.8 Å². The van der Waals surface area contributed by atoms with Gasteiger partial charge in [-0.3, -0.25) is 4.79 Å². The van der Waals surface area contributed by atoms with Crippen molar-refractivity contribution in [2.45, 2.75) is 33.2 Å². The van der Waals surface area contributed by atoms with Crippen molar-refractivity contribution in [3.05, 3.63) is 41.5 Å². The quantitative estimate of drug-likeness (QED) is 0.557. The van der Waals surface area contributed by atoms with E-state index in [0.717, 1.165) is 18.4 Å². The molecule has 0 atom stereocenters. The lowest BCUT2D eigenvalue weighted by atomic mass is 10.1.